The van der Waals surface area contributed by atoms with Gasteiger partial charge in [0.1, 0.15) is 11.5 Å². The molecule has 2 aromatic heterocycles. The summed E-state index contributed by atoms with van der Waals surface area (Å²) in [5.74, 6) is 1.68. The number of aromatic nitrogens is 2. The van der Waals surface area contributed by atoms with Gasteiger partial charge >= 0.3 is 0 Å². The molecule has 3 aromatic rings. The maximum Gasteiger partial charge on any atom is 0.251 e. The first-order chi connectivity index (χ1) is 17.2. The fourth-order valence-corrected chi connectivity index (χ4v) is 6.15. The summed E-state index contributed by atoms with van der Waals surface area (Å²) in [6.07, 6.45) is 6.35. The number of nitrogens with one attached hydrogen (secondary N) is 1. The SMILES string of the molecule is Cc1oc(-c2ccc(C(=O)NCc3cccnc3)cc2)nc1CS(=O)(=O)N1CCC(CC(C)C)CC1. The van der Waals surface area contributed by atoms with Gasteiger partial charge in [-0.15, -0.1) is 0 Å². The lowest BCUT2D eigenvalue weighted by Gasteiger charge is -2.31. The van der Waals surface area contributed by atoms with Gasteiger partial charge in [0.05, 0.1) is 5.69 Å². The number of nitrogens with zero attached hydrogens (tertiary/aromatic N) is 3. The van der Waals surface area contributed by atoms with Crippen LogP contribution >= 0.6 is 0 Å². The highest BCUT2D eigenvalue weighted by molar-refractivity contribution is 7.88. The van der Waals surface area contributed by atoms with Gasteiger partial charge in [-0.2, -0.15) is 0 Å². The van der Waals surface area contributed by atoms with Crippen LogP contribution in [0.15, 0.2) is 53.2 Å². The zero-order valence-corrected chi connectivity index (χ0v) is 21.9. The first-order valence-corrected chi connectivity index (χ1v) is 14.0. The van der Waals surface area contributed by atoms with Crippen LogP contribution in [0.4, 0.5) is 0 Å². The molecule has 36 heavy (non-hydrogen) atoms. The first kappa shape index (κ1) is 26.0. The van der Waals surface area contributed by atoms with E-state index in [0.29, 0.717) is 59.9 Å². The van der Waals surface area contributed by atoms with Crippen LogP contribution in [0.2, 0.25) is 0 Å². The maximum atomic E-state index is 13.1. The number of pyridine rings is 1. The van der Waals surface area contributed by atoms with E-state index >= 15 is 0 Å². The summed E-state index contributed by atoms with van der Waals surface area (Å²) in [6.45, 7) is 7.67. The molecule has 0 aliphatic carbocycles. The number of carbonyl (C=O) groups excluding carboxylic acids is 1. The molecule has 1 saturated heterocycles. The van der Waals surface area contributed by atoms with E-state index in [2.05, 4.69) is 29.1 Å². The van der Waals surface area contributed by atoms with Crippen LogP contribution in [0.3, 0.4) is 0 Å². The number of amides is 1. The lowest BCUT2D eigenvalue weighted by atomic mass is 9.89. The van der Waals surface area contributed by atoms with E-state index in [1.54, 1.807) is 47.9 Å². The average Bonchev–Trinajstić information content (AvgIpc) is 3.22. The molecule has 0 bridgehead atoms. The van der Waals surface area contributed by atoms with Crippen LogP contribution in [-0.2, 0) is 22.3 Å². The summed E-state index contributed by atoms with van der Waals surface area (Å²) < 4.78 is 33.5. The van der Waals surface area contributed by atoms with Crippen LogP contribution in [0.5, 0.6) is 0 Å². The highest BCUT2D eigenvalue weighted by atomic mass is 32.2. The highest BCUT2D eigenvalue weighted by Crippen LogP contribution is 2.28. The number of sulfonamides is 1. The second-order valence-corrected chi connectivity index (χ2v) is 11.8. The van der Waals surface area contributed by atoms with Crippen molar-refractivity contribution in [3.05, 3.63) is 71.4 Å². The average molecular weight is 511 g/mol. The Bertz CT molecular complexity index is 1260. The molecule has 0 radical (unpaired) electrons. The molecular formula is C27H34N4O4S. The minimum absolute atomic E-state index is 0.175. The van der Waals surface area contributed by atoms with E-state index in [4.69, 9.17) is 4.42 Å². The Hall–Kier alpha value is -3.04. The van der Waals surface area contributed by atoms with Crippen molar-refractivity contribution >= 4 is 15.9 Å². The fourth-order valence-electron chi connectivity index (χ4n) is 4.59. The van der Waals surface area contributed by atoms with Crippen molar-refractivity contribution in [2.75, 3.05) is 13.1 Å². The first-order valence-electron chi connectivity index (χ1n) is 12.4. The van der Waals surface area contributed by atoms with E-state index in [0.717, 1.165) is 24.8 Å². The molecule has 1 N–H and O–H groups in total. The molecule has 0 unspecified atom stereocenters. The molecule has 1 fully saturated rings. The Kier molecular flexibility index (Phi) is 8.21. The Morgan fingerprint density at radius 1 is 1.17 bits per heavy atom. The lowest BCUT2D eigenvalue weighted by Crippen LogP contribution is -2.39. The Morgan fingerprint density at radius 2 is 1.89 bits per heavy atom. The number of aryl methyl sites for hydroxylation is 1. The number of hydrogen-bond donors (Lipinski definition) is 1. The fraction of sp³-hybridized carbons (Fsp3) is 0.444. The van der Waals surface area contributed by atoms with Gasteiger partial charge in [-0.25, -0.2) is 17.7 Å². The van der Waals surface area contributed by atoms with Crippen molar-refractivity contribution in [3.8, 4) is 11.5 Å². The second-order valence-electron chi connectivity index (χ2n) is 9.87. The van der Waals surface area contributed by atoms with Crippen LogP contribution in [0, 0.1) is 18.8 Å². The van der Waals surface area contributed by atoms with Gasteiger partial charge in [-0.05, 0) is 73.9 Å². The van der Waals surface area contributed by atoms with Gasteiger partial charge in [0.25, 0.3) is 5.91 Å². The molecule has 3 heterocycles. The molecule has 1 amide bonds. The Morgan fingerprint density at radius 3 is 2.53 bits per heavy atom. The maximum absolute atomic E-state index is 13.1. The third-order valence-electron chi connectivity index (χ3n) is 6.55. The van der Waals surface area contributed by atoms with Crippen LogP contribution in [0.25, 0.3) is 11.5 Å². The van der Waals surface area contributed by atoms with Crippen LogP contribution < -0.4 is 5.32 Å². The van der Waals surface area contributed by atoms with Crippen molar-refractivity contribution in [1.29, 1.82) is 0 Å². The zero-order chi connectivity index (χ0) is 25.7. The number of oxazole rings is 1. The van der Waals surface area contributed by atoms with E-state index in [1.807, 2.05) is 12.1 Å². The molecule has 1 aliphatic rings. The quantitative estimate of drug-likeness (QED) is 0.452. The molecule has 4 rings (SSSR count). The molecule has 8 nitrogen and oxygen atoms in total. The monoisotopic (exact) mass is 510 g/mol. The van der Waals surface area contributed by atoms with Gasteiger partial charge in [0, 0.05) is 43.2 Å². The molecule has 1 aromatic carbocycles. The normalized spacial score (nSPS) is 15.3. The predicted octanol–water partition coefficient (Wildman–Crippen LogP) is 4.56. The number of carbonyl (C=O) groups is 1. The lowest BCUT2D eigenvalue weighted by molar-refractivity contribution is 0.0951. The third kappa shape index (κ3) is 6.59. The van der Waals surface area contributed by atoms with Crippen molar-refractivity contribution in [3.63, 3.8) is 0 Å². The van der Waals surface area contributed by atoms with Gasteiger partial charge in [0.15, 0.2) is 0 Å². The molecule has 1 aliphatic heterocycles. The van der Waals surface area contributed by atoms with Crippen molar-refractivity contribution in [2.45, 2.75) is 52.3 Å². The van der Waals surface area contributed by atoms with Crippen molar-refractivity contribution in [1.82, 2.24) is 19.6 Å². The Balaban J connectivity index is 1.37. The summed E-state index contributed by atoms with van der Waals surface area (Å²) in [5.41, 5.74) is 2.53. The highest BCUT2D eigenvalue weighted by Gasteiger charge is 2.30. The van der Waals surface area contributed by atoms with E-state index in [9.17, 15) is 13.2 Å². The molecule has 0 atom stereocenters. The summed E-state index contributed by atoms with van der Waals surface area (Å²) >= 11 is 0. The van der Waals surface area contributed by atoms with E-state index < -0.39 is 10.0 Å². The minimum Gasteiger partial charge on any atom is -0.441 e. The molecule has 0 saturated carbocycles. The molecular weight excluding hydrogens is 476 g/mol. The summed E-state index contributed by atoms with van der Waals surface area (Å²) in [5, 5.41) is 2.87. The van der Waals surface area contributed by atoms with E-state index in [-0.39, 0.29) is 11.7 Å². The zero-order valence-electron chi connectivity index (χ0n) is 21.1. The predicted molar refractivity (Wildman–Crippen MR) is 138 cm³/mol. The second kappa shape index (κ2) is 11.3. The van der Waals surface area contributed by atoms with Crippen molar-refractivity contribution < 1.29 is 17.6 Å². The van der Waals surface area contributed by atoms with Crippen LogP contribution in [-0.4, -0.2) is 41.7 Å². The standard InChI is InChI=1S/C27H34N4O4S/c1-19(2)15-21-10-13-31(14-11-21)36(33,34)18-25-20(3)35-27(30-25)24-8-6-23(7-9-24)26(32)29-17-22-5-4-12-28-16-22/h4-9,12,16,19,21H,10-11,13-15,17-18H2,1-3H3,(H,29,32). The van der Waals surface area contributed by atoms with Gasteiger partial charge in [-0.1, -0.05) is 19.9 Å². The summed E-state index contributed by atoms with van der Waals surface area (Å²) in [4.78, 5) is 21.0. The topological polar surface area (TPSA) is 105 Å². The van der Waals surface area contributed by atoms with Gasteiger partial charge < -0.3 is 9.73 Å². The molecule has 0 spiro atoms. The Labute approximate surface area is 213 Å². The minimum atomic E-state index is -3.47. The van der Waals surface area contributed by atoms with Gasteiger partial charge in [-0.3, -0.25) is 9.78 Å². The summed E-state index contributed by atoms with van der Waals surface area (Å²) in [6, 6.07) is 10.6. The third-order valence-corrected chi connectivity index (χ3v) is 8.34. The molecule has 192 valence electrons. The van der Waals surface area contributed by atoms with Gasteiger partial charge in [0.2, 0.25) is 15.9 Å². The van der Waals surface area contributed by atoms with Crippen molar-refractivity contribution in [2.24, 2.45) is 11.8 Å². The number of piperidine rings is 1. The molecule has 9 heteroatoms. The van der Waals surface area contributed by atoms with Crippen LogP contribution in [0.1, 0.15) is 60.5 Å². The number of hydrogen-bond acceptors (Lipinski definition) is 6. The number of benzene rings is 1. The smallest absolute Gasteiger partial charge is 0.251 e. The number of rotatable bonds is 9. The summed E-state index contributed by atoms with van der Waals surface area (Å²) in [7, 11) is -3.47. The van der Waals surface area contributed by atoms with E-state index in [1.165, 1.54) is 0 Å². The largest absolute Gasteiger partial charge is 0.441 e.